The van der Waals surface area contributed by atoms with E-state index in [1.165, 1.54) is 12.1 Å². The fraction of sp³-hybridized carbons (Fsp3) is 0.400. The summed E-state index contributed by atoms with van der Waals surface area (Å²) in [6.07, 6.45) is 1.12. The third-order valence-corrected chi connectivity index (χ3v) is 3.00. The maximum absolute atomic E-state index is 13.4. The monoisotopic (exact) mass is 326 g/mol. The van der Waals surface area contributed by atoms with E-state index < -0.39 is 11.6 Å². The van der Waals surface area contributed by atoms with Gasteiger partial charge in [0.25, 0.3) is 0 Å². The maximum Gasteiger partial charge on any atom is 0.143 e. The van der Waals surface area contributed by atoms with E-state index in [1.54, 1.807) is 0 Å². The minimum atomic E-state index is -0.488. The molecule has 0 radical (unpaired) electrons. The highest BCUT2D eigenvalue weighted by Crippen LogP contribution is 2.23. The minimum absolute atomic E-state index is 0.158. The zero-order chi connectivity index (χ0) is 10.7. The largest absolute Gasteiger partial charge is 0.207 e. The number of benzene rings is 1. The van der Waals surface area contributed by atoms with Crippen molar-refractivity contribution in [3.8, 4) is 0 Å². The normalized spacial score (nSPS) is 12.9. The molecular weight excluding hydrogens is 318 g/mol. The molecule has 1 atom stereocenters. The fourth-order valence-corrected chi connectivity index (χ4v) is 1.74. The fourth-order valence-electron chi connectivity index (χ4n) is 1.14. The van der Waals surface area contributed by atoms with Crippen LogP contribution >= 0.6 is 31.9 Å². The van der Waals surface area contributed by atoms with Gasteiger partial charge in [-0.2, -0.15) is 0 Å². The van der Waals surface area contributed by atoms with Gasteiger partial charge in [0.15, 0.2) is 0 Å². The quantitative estimate of drug-likeness (QED) is 0.568. The van der Waals surface area contributed by atoms with Gasteiger partial charge in [0, 0.05) is 10.4 Å². The van der Waals surface area contributed by atoms with Crippen molar-refractivity contribution in [3.05, 3.63) is 33.8 Å². The van der Waals surface area contributed by atoms with Gasteiger partial charge < -0.3 is 0 Å². The van der Waals surface area contributed by atoms with Gasteiger partial charge in [0.1, 0.15) is 11.6 Å². The van der Waals surface area contributed by atoms with Crippen LogP contribution in [0, 0.1) is 11.6 Å². The van der Waals surface area contributed by atoms with Gasteiger partial charge in [-0.05, 0) is 40.9 Å². The third kappa shape index (κ3) is 3.02. The highest BCUT2D eigenvalue weighted by atomic mass is 79.9. The van der Waals surface area contributed by atoms with Gasteiger partial charge in [-0.1, -0.05) is 22.9 Å². The van der Waals surface area contributed by atoms with Crippen LogP contribution in [0.15, 0.2) is 16.6 Å². The lowest BCUT2D eigenvalue weighted by Gasteiger charge is -2.07. The van der Waals surface area contributed by atoms with Crippen molar-refractivity contribution >= 4 is 31.9 Å². The van der Waals surface area contributed by atoms with E-state index in [4.69, 9.17) is 0 Å². The molecule has 1 aromatic carbocycles. The van der Waals surface area contributed by atoms with E-state index in [1.807, 2.05) is 6.92 Å². The zero-order valence-corrected chi connectivity index (χ0v) is 10.8. The Morgan fingerprint density at radius 1 is 1.36 bits per heavy atom. The highest BCUT2D eigenvalue weighted by molar-refractivity contribution is 9.10. The van der Waals surface area contributed by atoms with Crippen LogP contribution in [0.3, 0.4) is 0 Å². The lowest BCUT2D eigenvalue weighted by Crippen LogP contribution is -2.00. The number of hydrogen-bond donors (Lipinski definition) is 0. The molecule has 78 valence electrons. The second kappa shape index (κ2) is 5.21. The van der Waals surface area contributed by atoms with Gasteiger partial charge in [0.05, 0.1) is 4.47 Å². The minimum Gasteiger partial charge on any atom is -0.207 e. The molecule has 1 unspecified atom stereocenters. The Hall–Kier alpha value is 0.0400. The first kappa shape index (κ1) is 12.1. The average Bonchev–Trinajstić information content (AvgIpc) is 2.11. The Labute approximate surface area is 99.0 Å². The van der Waals surface area contributed by atoms with Crippen molar-refractivity contribution < 1.29 is 8.78 Å². The molecule has 1 aromatic rings. The molecule has 0 aliphatic heterocycles. The first-order valence-corrected chi connectivity index (χ1v) is 5.99. The van der Waals surface area contributed by atoms with Gasteiger partial charge in [-0.3, -0.25) is 0 Å². The zero-order valence-electron chi connectivity index (χ0n) is 7.66. The van der Waals surface area contributed by atoms with Gasteiger partial charge in [-0.15, -0.1) is 0 Å². The van der Waals surface area contributed by atoms with E-state index in [9.17, 15) is 8.78 Å². The van der Waals surface area contributed by atoms with Crippen LogP contribution in [0.2, 0.25) is 0 Å². The second-order valence-corrected chi connectivity index (χ2v) is 5.56. The molecule has 0 aliphatic carbocycles. The van der Waals surface area contributed by atoms with E-state index >= 15 is 0 Å². The van der Waals surface area contributed by atoms with Gasteiger partial charge in [-0.25, -0.2) is 8.78 Å². The van der Waals surface area contributed by atoms with Crippen molar-refractivity contribution in [2.75, 3.05) is 0 Å². The Balaban J connectivity index is 2.89. The van der Waals surface area contributed by atoms with Crippen LogP contribution in [0.1, 0.15) is 18.9 Å². The van der Waals surface area contributed by atoms with Gasteiger partial charge >= 0.3 is 0 Å². The number of alkyl halides is 1. The molecule has 0 amide bonds. The molecule has 0 aliphatic rings. The predicted molar refractivity (Wildman–Crippen MR) is 60.8 cm³/mol. The summed E-state index contributed by atoms with van der Waals surface area (Å²) >= 11 is 6.38. The smallest absolute Gasteiger partial charge is 0.143 e. The molecular formula is C10H10Br2F2. The summed E-state index contributed by atoms with van der Waals surface area (Å²) in [5.41, 5.74) is 0.158. The van der Waals surface area contributed by atoms with Crippen molar-refractivity contribution in [3.63, 3.8) is 0 Å². The molecule has 0 N–H and O–H groups in total. The molecule has 0 bridgehead atoms. The maximum atomic E-state index is 13.4. The highest BCUT2D eigenvalue weighted by Gasteiger charge is 2.12. The molecule has 0 saturated carbocycles. The summed E-state index contributed by atoms with van der Waals surface area (Å²) in [6, 6.07) is 2.66. The second-order valence-electron chi connectivity index (χ2n) is 3.14. The third-order valence-electron chi connectivity index (χ3n) is 1.93. The molecule has 14 heavy (non-hydrogen) atoms. The van der Waals surface area contributed by atoms with E-state index in [-0.39, 0.29) is 10.4 Å². The Bertz CT molecular complexity index is 324. The van der Waals surface area contributed by atoms with Crippen LogP contribution in [0.5, 0.6) is 0 Å². The number of rotatable bonds is 3. The lowest BCUT2D eigenvalue weighted by atomic mass is 10.1. The molecule has 0 aromatic heterocycles. The van der Waals surface area contributed by atoms with Crippen LogP contribution in [0.4, 0.5) is 8.78 Å². The summed E-state index contributed by atoms with van der Waals surface area (Å²) < 4.78 is 26.9. The topological polar surface area (TPSA) is 0 Å². The van der Waals surface area contributed by atoms with E-state index in [2.05, 4.69) is 31.9 Å². The molecule has 4 heteroatoms. The number of hydrogen-bond acceptors (Lipinski definition) is 0. The van der Waals surface area contributed by atoms with Gasteiger partial charge in [0.2, 0.25) is 0 Å². The van der Waals surface area contributed by atoms with Crippen LogP contribution in [0.25, 0.3) is 0 Å². The molecule has 0 fully saturated rings. The van der Waals surface area contributed by atoms with Crippen LogP contribution < -0.4 is 0 Å². The van der Waals surface area contributed by atoms with E-state index in [0.717, 1.165) is 0 Å². The van der Waals surface area contributed by atoms with Crippen LogP contribution in [-0.2, 0) is 6.42 Å². The summed E-state index contributed by atoms with van der Waals surface area (Å²) in [6.45, 7) is 1.95. The molecule has 0 nitrogen and oxygen atoms in total. The Morgan fingerprint density at radius 2 is 2.00 bits per heavy atom. The standard InChI is InChI=1S/C10H10Br2F2/c1-6(11)2-3-7-9(13)5-4-8(12)10(7)14/h4-6H,2-3H2,1H3. The van der Waals surface area contributed by atoms with Crippen molar-refractivity contribution in [1.29, 1.82) is 0 Å². The average molecular weight is 328 g/mol. The Morgan fingerprint density at radius 3 is 2.57 bits per heavy atom. The first-order valence-electron chi connectivity index (χ1n) is 4.29. The summed E-state index contributed by atoms with van der Waals surface area (Å²) in [4.78, 5) is 0.264. The summed E-state index contributed by atoms with van der Waals surface area (Å²) in [5.74, 6) is -0.961. The molecule has 0 spiro atoms. The predicted octanol–water partition coefficient (Wildman–Crippen LogP) is 4.44. The van der Waals surface area contributed by atoms with Crippen LogP contribution in [-0.4, -0.2) is 4.83 Å². The van der Waals surface area contributed by atoms with Crippen molar-refractivity contribution in [2.45, 2.75) is 24.6 Å². The van der Waals surface area contributed by atoms with E-state index in [0.29, 0.717) is 17.3 Å². The molecule has 0 heterocycles. The lowest BCUT2D eigenvalue weighted by molar-refractivity contribution is 0.546. The Kier molecular flexibility index (Phi) is 4.51. The van der Waals surface area contributed by atoms with Crippen molar-refractivity contribution in [2.24, 2.45) is 0 Å². The number of halogens is 4. The first-order chi connectivity index (χ1) is 6.52. The summed E-state index contributed by atoms with van der Waals surface area (Å²) in [5, 5.41) is 0. The molecule has 0 saturated heterocycles. The summed E-state index contributed by atoms with van der Waals surface area (Å²) in [7, 11) is 0. The molecule has 1 rings (SSSR count). The SMILES string of the molecule is CC(Br)CCc1c(F)ccc(Br)c1F. The van der Waals surface area contributed by atoms with Crippen molar-refractivity contribution in [1.82, 2.24) is 0 Å².